The van der Waals surface area contributed by atoms with Gasteiger partial charge in [0.2, 0.25) is 11.8 Å². The Labute approximate surface area is 248 Å². The second kappa shape index (κ2) is 14.4. The van der Waals surface area contributed by atoms with Gasteiger partial charge in [0, 0.05) is 12.6 Å². The first-order valence-electron chi connectivity index (χ1n) is 13.6. The van der Waals surface area contributed by atoms with Crippen molar-refractivity contribution in [2.75, 3.05) is 18.0 Å². The lowest BCUT2D eigenvalue weighted by atomic mass is 10.1. The number of methoxy groups -OCH3 is 1. The summed E-state index contributed by atoms with van der Waals surface area (Å²) in [6.07, 6.45) is 1.08. The first-order chi connectivity index (χ1) is 19.5. The molecule has 3 aromatic rings. The second-order valence-electron chi connectivity index (χ2n) is 9.89. The van der Waals surface area contributed by atoms with Crippen LogP contribution in [0.5, 0.6) is 5.75 Å². The molecular formula is C31H38ClN3O5S. The number of carbonyl (C=O) groups is 2. The topological polar surface area (TPSA) is 96.0 Å². The fraction of sp³-hybridized carbons (Fsp3) is 0.355. The summed E-state index contributed by atoms with van der Waals surface area (Å²) >= 11 is 6.37. The van der Waals surface area contributed by atoms with E-state index >= 15 is 0 Å². The second-order valence-corrected chi connectivity index (χ2v) is 12.2. The van der Waals surface area contributed by atoms with Gasteiger partial charge in [-0.3, -0.25) is 13.9 Å². The zero-order valence-electron chi connectivity index (χ0n) is 24.1. The maximum absolute atomic E-state index is 14.1. The van der Waals surface area contributed by atoms with Crippen LogP contribution < -0.4 is 14.4 Å². The first kappa shape index (κ1) is 32.0. The maximum atomic E-state index is 14.1. The summed E-state index contributed by atoms with van der Waals surface area (Å²) in [7, 11) is -2.73. The van der Waals surface area contributed by atoms with Crippen molar-refractivity contribution in [2.24, 2.45) is 0 Å². The van der Waals surface area contributed by atoms with Gasteiger partial charge in [-0.2, -0.15) is 0 Å². The molecule has 0 bridgehead atoms. The van der Waals surface area contributed by atoms with Crippen molar-refractivity contribution in [1.82, 2.24) is 10.2 Å². The summed E-state index contributed by atoms with van der Waals surface area (Å²) in [5.74, 6) is -0.442. The van der Waals surface area contributed by atoms with Gasteiger partial charge in [0.1, 0.15) is 18.3 Å². The van der Waals surface area contributed by atoms with E-state index in [4.69, 9.17) is 16.3 Å². The van der Waals surface area contributed by atoms with E-state index in [0.717, 1.165) is 21.9 Å². The van der Waals surface area contributed by atoms with Crippen LogP contribution in [0.1, 0.15) is 44.7 Å². The number of nitrogens with one attached hydrogen (secondary N) is 1. The molecule has 0 aliphatic carbocycles. The van der Waals surface area contributed by atoms with Crippen LogP contribution in [-0.2, 0) is 26.2 Å². The number of hydrogen-bond donors (Lipinski definition) is 1. The molecule has 1 N–H and O–H groups in total. The maximum Gasteiger partial charge on any atom is 0.264 e. The summed E-state index contributed by atoms with van der Waals surface area (Å²) in [4.78, 5) is 29.0. The van der Waals surface area contributed by atoms with Gasteiger partial charge >= 0.3 is 0 Å². The van der Waals surface area contributed by atoms with Gasteiger partial charge in [0.15, 0.2) is 0 Å². The van der Waals surface area contributed by atoms with Crippen LogP contribution in [0.25, 0.3) is 0 Å². The fourth-order valence-electron chi connectivity index (χ4n) is 4.31. The van der Waals surface area contributed by atoms with Crippen LogP contribution in [0, 0.1) is 6.92 Å². The molecule has 0 saturated heterocycles. The fourth-order valence-corrected chi connectivity index (χ4v) is 5.99. The number of halogens is 1. The molecule has 3 aromatic carbocycles. The van der Waals surface area contributed by atoms with Gasteiger partial charge in [0.05, 0.1) is 22.7 Å². The van der Waals surface area contributed by atoms with E-state index in [0.29, 0.717) is 12.2 Å². The van der Waals surface area contributed by atoms with Crippen molar-refractivity contribution in [3.8, 4) is 5.75 Å². The lowest BCUT2D eigenvalue weighted by molar-refractivity contribution is -0.140. The van der Waals surface area contributed by atoms with Gasteiger partial charge in [-0.15, -0.1) is 0 Å². The molecule has 0 radical (unpaired) electrons. The molecule has 3 rings (SSSR count). The highest BCUT2D eigenvalue weighted by Crippen LogP contribution is 2.32. The lowest BCUT2D eigenvalue weighted by Crippen LogP contribution is -2.53. The normalized spacial score (nSPS) is 12.7. The molecule has 0 heterocycles. The van der Waals surface area contributed by atoms with E-state index < -0.39 is 28.5 Å². The largest absolute Gasteiger partial charge is 0.495 e. The number of rotatable bonds is 13. The Balaban J connectivity index is 2.08. The molecule has 0 saturated carbocycles. The predicted octanol–water partition coefficient (Wildman–Crippen LogP) is 5.57. The number of anilines is 1. The number of benzene rings is 3. The third-order valence-corrected chi connectivity index (χ3v) is 8.98. The standard InChI is InChI=1S/C31H38ClN3O5S/c1-6-23(4)33-31(37)28(7-2)34(20-24-15-13-22(3)14-16-24)30(36)21-35(25-17-18-29(40-5)27(32)19-25)41(38,39)26-11-9-8-10-12-26/h8-19,23,28H,6-7,20-21H2,1-5H3,(H,33,37)/t23-,28+/m0/s1. The first-order valence-corrected chi connectivity index (χ1v) is 15.4. The van der Waals surface area contributed by atoms with Crippen LogP contribution in [0.4, 0.5) is 5.69 Å². The molecule has 8 nitrogen and oxygen atoms in total. The highest BCUT2D eigenvalue weighted by atomic mass is 35.5. The summed E-state index contributed by atoms with van der Waals surface area (Å²) in [5.41, 5.74) is 2.08. The number of aryl methyl sites for hydroxylation is 1. The Morgan fingerprint density at radius 3 is 2.20 bits per heavy atom. The summed E-state index contributed by atoms with van der Waals surface area (Å²) in [6, 6.07) is 19.2. The quantitative estimate of drug-likeness (QED) is 0.277. The average Bonchev–Trinajstić information content (AvgIpc) is 2.96. The summed E-state index contributed by atoms with van der Waals surface area (Å²) in [6.45, 7) is 7.25. The molecule has 41 heavy (non-hydrogen) atoms. The van der Waals surface area contributed by atoms with E-state index in [1.165, 1.54) is 36.3 Å². The lowest BCUT2D eigenvalue weighted by Gasteiger charge is -2.33. The minimum absolute atomic E-state index is 0.0198. The third kappa shape index (κ3) is 8.01. The zero-order chi connectivity index (χ0) is 30.2. The zero-order valence-corrected chi connectivity index (χ0v) is 25.7. The van der Waals surface area contributed by atoms with E-state index in [9.17, 15) is 18.0 Å². The van der Waals surface area contributed by atoms with Gasteiger partial charge in [0.25, 0.3) is 10.0 Å². The van der Waals surface area contributed by atoms with Crippen LogP contribution in [-0.4, -0.2) is 50.9 Å². The van der Waals surface area contributed by atoms with Crippen LogP contribution in [0.15, 0.2) is 77.7 Å². The Kier molecular flexibility index (Phi) is 11.2. The monoisotopic (exact) mass is 599 g/mol. The van der Waals surface area contributed by atoms with Crippen LogP contribution >= 0.6 is 11.6 Å². The Bertz CT molecular complexity index is 1430. The molecule has 0 aromatic heterocycles. The van der Waals surface area contributed by atoms with E-state index in [2.05, 4.69) is 5.32 Å². The highest BCUT2D eigenvalue weighted by Gasteiger charge is 2.34. The molecular weight excluding hydrogens is 562 g/mol. The van der Waals surface area contributed by atoms with E-state index in [-0.39, 0.29) is 34.1 Å². The SMILES string of the molecule is CC[C@H](C(=O)N[C@@H](C)CC)N(Cc1ccc(C)cc1)C(=O)CN(c1ccc(OC)c(Cl)c1)S(=O)(=O)c1ccccc1. The number of ether oxygens (including phenoxy) is 1. The molecule has 0 spiro atoms. The van der Waals surface area contributed by atoms with Crippen molar-refractivity contribution in [3.63, 3.8) is 0 Å². The van der Waals surface area contributed by atoms with Crippen molar-refractivity contribution < 1.29 is 22.7 Å². The highest BCUT2D eigenvalue weighted by molar-refractivity contribution is 7.92. The Morgan fingerprint density at radius 2 is 1.63 bits per heavy atom. The predicted molar refractivity (Wildman–Crippen MR) is 163 cm³/mol. The molecule has 2 atom stereocenters. The minimum Gasteiger partial charge on any atom is -0.495 e. The number of nitrogens with zero attached hydrogens (tertiary/aromatic N) is 2. The molecule has 220 valence electrons. The molecule has 2 amide bonds. The smallest absolute Gasteiger partial charge is 0.264 e. The molecule has 0 unspecified atom stereocenters. The van der Waals surface area contributed by atoms with Crippen molar-refractivity contribution >= 4 is 39.1 Å². The van der Waals surface area contributed by atoms with Crippen LogP contribution in [0.2, 0.25) is 5.02 Å². The molecule has 0 fully saturated rings. The number of amides is 2. The minimum atomic E-state index is -4.19. The summed E-state index contributed by atoms with van der Waals surface area (Å²) < 4.78 is 34.1. The van der Waals surface area contributed by atoms with Crippen molar-refractivity contribution in [2.45, 2.75) is 64.1 Å². The Hall–Kier alpha value is -3.56. The van der Waals surface area contributed by atoms with Gasteiger partial charge in [-0.05, 0) is 62.6 Å². The number of sulfonamides is 1. The van der Waals surface area contributed by atoms with Gasteiger partial charge < -0.3 is 15.0 Å². The average molecular weight is 600 g/mol. The van der Waals surface area contributed by atoms with Crippen molar-refractivity contribution in [1.29, 1.82) is 0 Å². The third-order valence-electron chi connectivity index (χ3n) is 6.89. The molecule has 10 heteroatoms. The number of carbonyl (C=O) groups excluding carboxylic acids is 2. The molecule has 0 aliphatic heterocycles. The van der Waals surface area contributed by atoms with Gasteiger partial charge in [-0.25, -0.2) is 8.42 Å². The van der Waals surface area contributed by atoms with Crippen molar-refractivity contribution in [3.05, 3.63) is 88.9 Å². The number of hydrogen-bond acceptors (Lipinski definition) is 5. The summed E-state index contributed by atoms with van der Waals surface area (Å²) in [5, 5.41) is 3.17. The van der Waals surface area contributed by atoms with Gasteiger partial charge in [-0.1, -0.05) is 73.5 Å². The molecule has 0 aliphatic rings. The van der Waals surface area contributed by atoms with E-state index in [1.807, 2.05) is 52.0 Å². The Morgan fingerprint density at radius 1 is 0.976 bits per heavy atom. The van der Waals surface area contributed by atoms with E-state index in [1.54, 1.807) is 24.3 Å². The van der Waals surface area contributed by atoms with Crippen LogP contribution in [0.3, 0.4) is 0 Å².